The average Bonchev–Trinajstić information content (AvgIpc) is 1.81. The molecule has 1 N–H and O–H groups in total. The topological polar surface area (TPSA) is 12.0 Å². The predicted molar refractivity (Wildman–Crippen MR) is 39.5 cm³/mol. The van der Waals surface area contributed by atoms with Crippen LogP contribution < -0.4 is 4.72 Å². The van der Waals surface area contributed by atoms with Gasteiger partial charge < -0.3 is 17.5 Å². The molecular formula is C6H14NS-. The highest BCUT2D eigenvalue weighted by atomic mass is 32.1. The van der Waals surface area contributed by atoms with Crippen LogP contribution in [0.1, 0.15) is 32.6 Å². The van der Waals surface area contributed by atoms with Gasteiger partial charge in [-0.1, -0.05) is 26.2 Å². The molecule has 0 saturated carbocycles. The first-order valence-corrected chi connectivity index (χ1v) is 3.67. The highest BCUT2D eigenvalue weighted by Crippen LogP contribution is 1.96. The molecule has 0 heterocycles. The number of hydrogen-bond acceptors (Lipinski definition) is 2. The van der Waals surface area contributed by atoms with Gasteiger partial charge in [0.1, 0.15) is 0 Å². The van der Waals surface area contributed by atoms with Crippen LogP contribution in [0, 0.1) is 0 Å². The van der Waals surface area contributed by atoms with Crippen molar-refractivity contribution in [2.45, 2.75) is 32.6 Å². The second-order valence-corrected chi connectivity index (χ2v) is 2.24. The third-order valence-corrected chi connectivity index (χ3v) is 1.34. The van der Waals surface area contributed by atoms with E-state index in [-0.39, 0.29) is 0 Å². The summed E-state index contributed by atoms with van der Waals surface area (Å²) in [6.07, 6.45) is 5.20. The van der Waals surface area contributed by atoms with Crippen LogP contribution in [0.3, 0.4) is 0 Å². The number of unbranched alkanes of at least 4 members (excludes halogenated alkanes) is 3. The smallest absolute Gasteiger partial charge is 0.0264 e. The third-order valence-electron chi connectivity index (χ3n) is 1.13. The summed E-state index contributed by atoms with van der Waals surface area (Å²) in [6, 6.07) is 0. The van der Waals surface area contributed by atoms with E-state index in [2.05, 4.69) is 24.5 Å². The van der Waals surface area contributed by atoms with Gasteiger partial charge in [-0.3, -0.25) is 0 Å². The lowest BCUT2D eigenvalue weighted by Crippen LogP contribution is -2.04. The maximum absolute atomic E-state index is 4.55. The van der Waals surface area contributed by atoms with Gasteiger partial charge in [-0.15, -0.1) is 0 Å². The summed E-state index contributed by atoms with van der Waals surface area (Å²) in [7, 11) is 0. The molecule has 0 aliphatic carbocycles. The molecule has 0 fully saturated rings. The predicted octanol–water partition coefficient (Wildman–Crippen LogP) is 1.62. The maximum atomic E-state index is 4.55. The Balaban J connectivity index is 2.53. The van der Waals surface area contributed by atoms with E-state index in [9.17, 15) is 0 Å². The van der Waals surface area contributed by atoms with Crippen molar-refractivity contribution in [2.75, 3.05) is 6.54 Å². The van der Waals surface area contributed by atoms with Crippen LogP contribution in [-0.2, 0) is 12.8 Å². The number of rotatable bonds is 5. The Morgan fingerprint density at radius 3 is 2.50 bits per heavy atom. The van der Waals surface area contributed by atoms with Crippen molar-refractivity contribution >= 4 is 12.8 Å². The van der Waals surface area contributed by atoms with Gasteiger partial charge in [-0.25, -0.2) is 0 Å². The molecule has 8 heavy (non-hydrogen) atoms. The third kappa shape index (κ3) is 6.31. The molecule has 0 unspecified atom stereocenters. The maximum Gasteiger partial charge on any atom is -0.0264 e. The summed E-state index contributed by atoms with van der Waals surface area (Å²) in [5.74, 6) is 0. The molecule has 2 heteroatoms. The first-order valence-electron chi connectivity index (χ1n) is 3.26. The molecule has 0 radical (unpaired) electrons. The van der Waals surface area contributed by atoms with Crippen molar-refractivity contribution in [1.82, 2.24) is 4.72 Å². The van der Waals surface area contributed by atoms with Crippen molar-refractivity contribution < 1.29 is 0 Å². The first-order chi connectivity index (χ1) is 3.91. The monoisotopic (exact) mass is 132 g/mol. The summed E-state index contributed by atoms with van der Waals surface area (Å²) < 4.78 is 2.71. The zero-order valence-electron chi connectivity index (χ0n) is 5.44. The van der Waals surface area contributed by atoms with Crippen LogP contribution in [0.2, 0.25) is 0 Å². The van der Waals surface area contributed by atoms with E-state index in [1.807, 2.05) is 0 Å². The fraction of sp³-hybridized carbons (Fsp3) is 1.00. The quantitative estimate of drug-likeness (QED) is 0.450. The minimum Gasteiger partial charge on any atom is -0.705 e. The van der Waals surface area contributed by atoms with E-state index >= 15 is 0 Å². The SMILES string of the molecule is CCCCCCN[S-]. The van der Waals surface area contributed by atoms with Gasteiger partial charge >= 0.3 is 0 Å². The number of hydrogen-bond donors (Lipinski definition) is 1. The molecule has 0 aromatic carbocycles. The Morgan fingerprint density at radius 1 is 1.25 bits per heavy atom. The molecule has 50 valence electrons. The standard InChI is InChI=1S/C6H14NS/c1-2-3-4-5-6-7-8/h7H,2-6H2,1H3/q-1. The molecule has 0 aromatic rings. The molecule has 0 aliphatic heterocycles. The van der Waals surface area contributed by atoms with Gasteiger partial charge in [-0.2, -0.15) is 0 Å². The van der Waals surface area contributed by atoms with E-state index in [0.717, 1.165) is 6.54 Å². The molecule has 0 aliphatic rings. The van der Waals surface area contributed by atoms with Crippen molar-refractivity contribution in [3.8, 4) is 0 Å². The highest BCUT2D eigenvalue weighted by Gasteiger charge is 1.80. The lowest BCUT2D eigenvalue weighted by Gasteiger charge is -2.05. The van der Waals surface area contributed by atoms with E-state index in [1.165, 1.54) is 25.7 Å². The summed E-state index contributed by atoms with van der Waals surface area (Å²) in [6.45, 7) is 3.20. The molecule has 0 amide bonds. The zero-order valence-corrected chi connectivity index (χ0v) is 6.26. The van der Waals surface area contributed by atoms with E-state index in [1.54, 1.807) is 0 Å². The van der Waals surface area contributed by atoms with Crippen molar-refractivity contribution in [3.05, 3.63) is 0 Å². The van der Waals surface area contributed by atoms with Crippen LogP contribution in [0.5, 0.6) is 0 Å². The fourth-order valence-corrected chi connectivity index (χ4v) is 0.768. The first kappa shape index (κ1) is 8.31. The van der Waals surface area contributed by atoms with E-state index in [4.69, 9.17) is 0 Å². The van der Waals surface area contributed by atoms with Gasteiger partial charge in [0.05, 0.1) is 0 Å². The van der Waals surface area contributed by atoms with Gasteiger partial charge in [-0.05, 0) is 13.0 Å². The molecule has 1 nitrogen and oxygen atoms in total. The second kappa shape index (κ2) is 7.31. The molecule has 0 saturated heterocycles. The van der Waals surface area contributed by atoms with Gasteiger partial charge in [0.2, 0.25) is 0 Å². The summed E-state index contributed by atoms with van der Waals surface area (Å²) in [5.41, 5.74) is 0. The Bertz CT molecular complexity index is 33.5. The normalized spacial score (nSPS) is 9.75. The van der Waals surface area contributed by atoms with Crippen molar-refractivity contribution in [1.29, 1.82) is 0 Å². The highest BCUT2D eigenvalue weighted by molar-refractivity contribution is 7.56. The molecule has 0 rings (SSSR count). The van der Waals surface area contributed by atoms with Gasteiger partial charge in [0.15, 0.2) is 0 Å². The van der Waals surface area contributed by atoms with Crippen LogP contribution in [0.25, 0.3) is 0 Å². The summed E-state index contributed by atoms with van der Waals surface area (Å²) in [5, 5.41) is 0. The molecule has 0 atom stereocenters. The Hall–Kier alpha value is 0.310. The molecular weight excluding hydrogens is 118 g/mol. The van der Waals surface area contributed by atoms with Crippen LogP contribution >= 0.6 is 0 Å². The van der Waals surface area contributed by atoms with Crippen LogP contribution in [0.4, 0.5) is 0 Å². The minimum atomic E-state index is 0.995. The largest absolute Gasteiger partial charge is 0.705 e. The summed E-state index contributed by atoms with van der Waals surface area (Å²) >= 11 is 4.55. The Morgan fingerprint density at radius 2 is 2.00 bits per heavy atom. The Labute approximate surface area is 57.4 Å². The minimum absolute atomic E-state index is 0.995. The second-order valence-electron chi connectivity index (χ2n) is 1.95. The van der Waals surface area contributed by atoms with E-state index < -0.39 is 0 Å². The zero-order chi connectivity index (χ0) is 6.24. The molecule has 0 bridgehead atoms. The van der Waals surface area contributed by atoms with E-state index in [0.29, 0.717) is 0 Å². The lowest BCUT2D eigenvalue weighted by atomic mass is 10.2. The molecule has 0 aromatic heterocycles. The lowest BCUT2D eigenvalue weighted by molar-refractivity contribution is 0.663. The average molecular weight is 132 g/mol. The van der Waals surface area contributed by atoms with Crippen LogP contribution in [0.15, 0.2) is 0 Å². The van der Waals surface area contributed by atoms with Crippen LogP contribution in [-0.4, -0.2) is 6.54 Å². The number of nitrogens with one attached hydrogen (secondary N) is 1. The fourth-order valence-electron chi connectivity index (χ4n) is 0.624. The van der Waals surface area contributed by atoms with Gasteiger partial charge in [0, 0.05) is 0 Å². The van der Waals surface area contributed by atoms with Crippen molar-refractivity contribution in [3.63, 3.8) is 0 Å². The summed E-state index contributed by atoms with van der Waals surface area (Å²) in [4.78, 5) is 0. The molecule has 0 spiro atoms. The van der Waals surface area contributed by atoms with Crippen molar-refractivity contribution in [2.24, 2.45) is 0 Å². The van der Waals surface area contributed by atoms with Gasteiger partial charge in [0.25, 0.3) is 0 Å². The Kier molecular flexibility index (Phi) is 7.59.